The molecule has 0 unspecified atom stereocenters. The highest BCUT2D eigenvalue weighted by Crippen LogP contribution is 2.21. The number of aromatic nitrogens is 1. The van der Waals surface area contributed by atoms with Crippen LogP contribution in [0.4, 0.5) is 0 Å². The van der Waals surface area contributed by atoms with Crippen LogP contribution in [0.25, 0.3) is 0 Å². The molecule has 0 saturated heterocycles. The minimum Gasteiger partial charge on any atom is -0.349 e. The lowest BCUT2D eigenvalue weighted by Crippen LogP contribution is -2.36. The molecule has 1 heterocycles. The quantitative estimate of drug-likeness (QED) is 0.761. The van der Waals surface area contributed by atoms with Gasteiger partial charge < -0.3 is 9.88 Å². The molecule has 0 bridgehead atoms. The summed E-state index contributed by atoms with van der Waals surface area (Å²) in [5, 5.41) is 3.26. The summed E-state index contributed by atoms with van der Waals surface area (Å²) in [5.74, 6) is 0. The molecule has 1 rings (SSSR count). The molecule has 0 radical (unpaired) electrons. The number of hydrogen-bond acceptors (Lipinski definition) is 3. The Hall–Kier alpha value is -0.850. The molecule has 122 valence electrons. The summed E-state index contributed by atoms with van der Waals surface area (Å²) in [6, 6.07) is 1.77. The fraction of sp³-hybridized carbons (Fsp3) is 0.733. The molecule has 0 saturated carbocycles. The summed E-state index contributed by atoms with van der Waals surface area (Å²) < 4.78 is 29.1. The molecule has 0 spiro atoms. The summed E-state index contributed by atoms with van der Waals surface area (Å²) in [5.41, 5.74) is 1.03. The van der Waals surface area contributed by atoms with Crippen LogP contribution in [0.3, 0.4) is 0 Å². The molecule has 21 heavy (non-hydrogen) atoms. The molecule has 6 heteroatoms. The van der Waals surface area contributed by atoms with Gasteiger partial charge in [0.1, 0.15) is 4.90 Å². The van der Waals surface area contributed by atoms with E-state index in [9.17, 15) is 8.42 Å². The van der Waals surface area contributed by atoms with Crippen molar-refractivity contribution in [2.24, 2.45) is 0 Å². The van der Waals surface area contributed by atoms with E-state index in [2.05, 4.69) is 12.2 Å². The largest absolute Gasteiger partial charge is 0.349 e. The van der Waals surface area contributed by atoms with Crippen LogP contribution in [0.1, 0.15) is 46.7 Å². The molecule has 5 nitrogen and oxygen atoms in total. The SMILES string of the molecule is CCCn1cc(S(=O)(=O)N(CC)C(C)C)cc1CNCC. The maximum atomic E-state index is 12.7. The van der Waals surface area contributed by atoms with Gasteiger partial charge >= 0.3 is 0 Å². The van der Waals surface area contributed by atoms with Gasteiger partial charge in [-0.25, -0.2) is 8.42 Å². The Labute approximate surface area is 129 Å². The molecule has 0 fully saturated rings. The second kappa shape index (κ2) is 7.96. The van der Waals surface area contributed by atoms with Gasteiger partial charge in [-0.05, 0) is 32.9 Å². The first-order chi connectivity index (χ1) is 9.88. The number of nitrogens with one attached hydrogen (secondary N) is 1. The van der Waals surface area contributed by atoms with Gasteiger partial charge in [0.2, 0.25) is 10.0 Å². The van der Waals surface area contributed by atoms with Crippen molar-refractivity contribution in [3.63, 3.8) is 0 Å². The van der Waals surface area contributed by atoms with Gasteiger partial charge in [0.15, 0.2) is 0 Å². The van der Waals surface area contributed by atoms with Crippen molar-refractivity contribution in [2.75, 3.05) is 13.1 Å². The summed E-state index contributed by atoms with van der Waals surface area (Å²) in [7, 11) is -3.41. The number of hydrogen-bond donors (Lipinski definition) is 1. The molecule has 0 atom stereocenters. The van der Waals surface area contributed by atoms with E-state index in [0.29, 0.717) is 18.0 Å². The minimum absolute atomic E-state index is 0.0354. The zero-order valence-corrected chi connectivity index (χ0v) is 14.7. The van der Waals surface area contributed by atoms with Gasteiger partial charge in [-0.2, -0.15) is 4.31 Å². The Morgan fingerprint density at radius 3 is 2.43 bits per heavy atom. The molecular formula is C15H29N3O2S. The van der Waals surface area contributed by atoms with E-state index < -0.39 is 10.0 Å². The molecule has 0 aliphatic heterocycles. The fourth-order valence-electron chi connectivity index (χ4n) is 2.46. The summed E-state index contributed by atoms with van der Waals surface area (Å²) >= 11 is 0. The molecule has 1 aromatic rings. The van der Waals surface area contributed by atoms with E-state index >= 15 is 0 Å². The molecule has 0 amide bonds. The third kappa shape index (κ3) is 4.31. The molecule has 0 aliphatic carbocycles. The van der Waals surface area contributed by atoms with E-state index in [1.54, 1.807) is 12.3 Å². The lowest BCUT2D eigenvalue weighted by molar-refractivity contribution is 0.369. The molecule has 1 N–H and O–H groups in total. The van der Waals surface area contributed by atoms with Crippen molar-refractivity contribution < 1.29 is 8.42 Å². The predicted octanol–water partition coefficient (Wildman–Crippen LogP) is 2.43. The third-order valence-electron chi connectivity index (χ3n) is 3.48. The normalized spacial score (nSPS) is 12.5. The number of rotatable bonds is 9. The van der Waals surface area contributed by atoms with Gasteiger partial charge in [0, 0.05) is 37.6 Å². The zero-order chi connectivity index (χ0) is 16.0. The van der Waals surface area contributed by atoms with E-state index in [1.165, 1.54) is 4.31 Å². The van der Waals surface area contributed by atoms with Crippen molar-refractivity contribution in [3.05, 3.63) is 18.0 Å². The third-order valence-corrected chi connectivity index (χ3v) is 5.59. The molecular weight excluding hydrogens is 286 g/mol. The van der Waals surface area contributed by atoms with Crippen LogP contribution < -0.4 is 5.32 Å². The lowest BCUT2D eigenvalue weighted by atomic mass is 10.4. The minimum atomic E-state index is -3.41. The standard InChI is InChI=1S/C15H29N3O2S/c1-6-9-17-12-15(10-14(17)11-16-7-2)21(19,20)18(8-3)13(4)5/h10,12-13,16H,6-9,11H2,1-5H3. The second-order valence-corrected chi connectivity index (χ2v) is 7.33. The topological polar surface area (TPSA) is 54.3 Å². The van der Waals surface area contributed by atoms with Crippen molar-refractivity contribution in [2.45, 2.75) is 65.1 Å². The first-order valence-corrected chi connectivity index (χ1v) is 9.24. The summed E-state index contributed by atoms with van der Waals surface area (Å²) in [6.45, 7) is 12.7. The second-order valence-electron chi connectivity index (χ2n) is 5.44. The van der Waals surface area contributed by atoms with E-state index in [4.69, 9.17) is 0 Å². The Morgan fingerprint density at radius 2 is 1.95 bits per heavy atom. The van der Waals surface area contributed by atoms with Crippen molar-refractivity contribution >= 4 is 10.0 Å². The maximum absolute atomic E-state index is 12.7. The Morgan fingerprint density at radius 1 is 1.29 bits per heavy atom. The van der Waals surface area contributed by atoms with Crippen LogP contribution in [0.5, 0.6) is 0 Å². The van der Waals surface area contributed by atoms with Crippen LogP contribution in [-0.4, -0.2) is 36.4 Å². The highest BCUT2D eigenvalue weighted by molar-refractivity contribution is 7.89. The van der Waals surface area contributed by atoms with Gasteiger partial charge in [-0.15, -0.1) is 0 Å². The Kier molecular flexibility index (Phi) is 6.90. The average molecular weight is 315 g/mol. The maximum Gasteiger partial charge on any atom is 0.244 e. The number of aryl methyl sites for hydroxylation is 1. The van der Waals surface area contributed by atoms with Crippen molar-refractivity contribution in [1.29, 1.82) is 0 Å². The molecule has 0 aromatic carbocycles. The molecule has 1 aromatic heterocycles. The van der Waals surface area contributed by atoms with Crippen LogP contribution >= 0.6 is 0 Å². The van der Waals surface area contributed by atoms with Gasteiger partial charge in [-0.3, -0.25) is 0 Å². The first-order valence-electron chi connectivity index (χ1n) is 7.80. The Balaban J connectivity index is 3.17. The smallest absolute Gasteiger partial charge is 0.244 e. The van der Waals surface area contributed by atoms with E-state index in [1.807, 2.05) is 32.3 Å². The summed E-state index contributed by atoms with van der Waals surface area (Å²) in [4.78, 5) is 0.402. The lowest BCUT2D eigenvalue weighted by Gasteiger charge is -2.23. The highest BCUT2D eigenvalue weighted by Gasteiger charge is 2.27. The van der Waals surface area contributed by atoms with Crippen LogP contribution in [0.2, 0.25) is 0 Å². The highest BCUT2D eigenvalue weighted by atomic mass is 32.2. The molecule has 0 aliphatic rings. The van der Waals surface area contributed by atoms with Gasteiger partial charge in [-0.1, -0.05) is 20.8 Å². The monoisotopic (exact) mass is 315 g/mol. The van der Waals surface area contributed by atoms with Crippen LogP contribution in [-0.2, 0) is 23.1 Å². The number of nitrogens with zero attached hydrogens (tertiary/aromatic N) is 2. The fourth-order valence-corrected chi connectivity index (χ4v) is 4.18. The zero-order valence-electron chi connectivity index (χ0n) is 13.9. The Bertz CT molecular complexity index is 535. The van der Waals surface area contributed by atoms with E-state index in [-0.39, 0.29) is 6.04 Å². The van der Waals surface area contributed by atoms with Crippen molar-refractivity contribution in [1.82, 2.24) is 14.2 Å². The van der Waals surface area contributed by atoms with Crippen molar-refractivity contribution in [3.8, 4) is 0 Å². The van der Waals surface area contributed by atoms with Gasteiger partial charge in [0.25, 0.3) is 0 Å². The van der Waals surface area contributed by atoms with Crippen LogP contribution in [0.15, 0.2) is 17.2 Å². The van der Waals surface area contributed by atoms with Gasteiger partial charge in [0.05, 0.1) is 0 Å². The average Bonchev–Trinajstić information content (AvgIpc) is 2.80. The van der Waals surface area contributed by atoms with E-state index in [0.717, 1.165) is 25.2 Å². The predicted molar refractivity (Wildman–Crippen MR) is 86.8 cm³/mol. The number of sulfonamides is 1. The first kappa shape index (κ1) is 18.2. The summed E-state index contributed by atoms with van der Waals surface area (Å²) in [6.07, 6.45) is 2.76. The van der Waals surface area contributed by atoms with Crippen LogP contribution in [0, 0.1) is 0 Å².